The highest BCUT2D eigenvalue weighted by Gasteiger charge is 2.44. The van der Waals surface area contributed by atoms with Crippen molar-refractivity contribution in [3.8, 4) is 5.69 Å². The minimum Gasteiger partial charge on any atom is -0.341 e. The van der Waals surface area contributed by atoms with Crippen LogP contribution in [0.2, 0.25) is 5.02 Å². The first kappa shape index (κ1) is 19.7. The maximum Gasteiger partial charge on any atom is 0.160 e. The standard InChI is InChI=1S/C24H25ClN4S/c1-14-12-18(17(4)29(14)21-10-7-8-19(25)16(21)3)23-22(20-9-5-6-11-26-20)27-24-28(23)13-15(2)30-24/h5-12,15,22-23H,13H2,1-4H3/t15-,22+,23-/m1/s1. The van der Waals surface area contributed by atoms with Gasteiger partial charge in [-0.3, -0.25) is 9.98 Å². The molecule has 2 aliphatic heterocycles. The van der Waals surface area contributed by atoms with Crippen LogP contribution in [0, 0.1) is 20.8 Å². The second-order valence-corrected chi connectivity index (χ2v) is 10.00. The first-order chi connectivity index (χ1) is 14.5. The van der Waals surface area contributed by atoms with Crippen LogP contribution in [0.1, 0.15) is 47.2 Å². The molecule has 6 heteroatoms. The van der Waals surface area contributed by atoms with Gasteiger partial charge in [0.25, 0.3) is 0 Å². The molecule has 1 fully saturated rings. The summed E-state index contributed by atoms with van der Waals surface area (Å²) in [6.07, 6.45) is 1.87. The third-order valence-electron chi connectivity index (χ3n) is 6.15. The van der Waals surface area contributed by atoms with E-state index in [-0.39, 0.29) is 12.1 Å². The molecule has 3 aromatic rings. The highest BCUT2D eigenvalue weighted by molar-refractivity contribution is 8.14. The third-order valence-corrected chi connectivity index (χ3v) is 7.66. The average Bonchev–Trinajstić information content (AvgIpc) is 3.35. The lowest BCUT2D eigenvalue weighted by atomic mass is 9.96. The van der Waals surface area contributed by atoms with Gasteiger partial charge >= 0.3 is 0 Å². The highest BCUT2D eigenvalue weighted by Crippen LogP contribution is 2.49. The summed E-state index contributed by atoms with van der Waals surface area (Å²) in [6, 6.07) is 14.7. The molecule has 0 aliphatic carbocycles. The van der Waals surface area contributed by atoms with Crippen molar-refractivity contribution in [1.29, 1.82) is 0 Å². The van der Waals surface area contributed by atoms with Gasteiger partial charge in [-0.05, 0) is 62.2 Å². The Kier molecular flexibility index (Phi) is 4.91. The predicted octanol–water partition coefficient (Wildman–Crippen LogP) is 6.04. The zero-order valence-electron chi connectivity index (χ0n) is 17.6. The molecule has 0 radical (unpaired) electrons. The summed E-state index contributed by atoms with van der Waals surface area (Å²) in [5.74, 6) is 0. The van der Waals surface area contributed by atoms with E-state index in [0.717, 1.165) is 33.7 Å². The van der Waals surface area contributed by atoms with Gasteiger partial charge in [-0.1, -0.05) is 42.4 Å². The van der Waals surface area contributed by atoms with Crippen molar-refractivity contribution in [2.24, 2.45) is 4.99 Å². The molecule has 4 heterocycles. The summed E-state index contributed by atoms with van der Waals surface area (Å²) < 4.78 is 2.33. The monoisotopic (exact) mass is 436 g/mol. The van der Waals surface area contributed by atoms with Crippen molar-refractivity contribution >= 4 is 28.5 Å². The van der Waals surface area contributed by atoms with Crippen LogP contribution in [-0.2, 0) is 0 Å². The number of rotatable bonds is 3. The second kappa shape index (κ2) is 7.47. The maximum atomic E-state index is 6.44. The summed E-state index contributed by atoms with van der Waals surface area (Å²) in [7, 11) is 0. The number of benzene rings is 1. The normalized spacial score (nSPS) is 23.0. The van der Waals surface area contributed by atoms with Crippen molar-refractivity contribution in [3.63, 3.8) is 0 Å². The summed E-state index contributed by atoms with van der Waals surface area (Å²) in [5.41, 5.74) is 7.03. The predicted molar refractivity (Wildman–Crippen MR) is 126 cm³/mol. The van der Waals surface area contributed by atoms with E-state index >= 15 is 0 Å². The molecule has 0 spiro atoms. The molecule has 1 saturated heterocycles. The number of thioether (sulfide) groups is 1. The van der Waals surface area contributed by atoms with Gasteiger partial charge in [0.15, 0.2) is 5.17 Å². The summed E-state index contributed by atoms with van der Waals surface area (Å²) in [6.45, 7) is 9.75. The van der Waals surface area contributed by atoms with Gasteiger partial charge in [-0.25, -0.2) is 0 Å². The Hall–Kier alpha value is -2.24. The average molecular weight is 437 g/mol. The zero-order chi connectivity index (χ0) is 21.0. The molecule has 2 aliphatic rings. The lowest BCUT2D eigenvalue weighted by Gasteiger charge is -2.27. The number of hydrogen-bond donors (Lipinski definition) is 0. The molecule has 5 rings (SSSR count). The van der Waals surface area contributed by atoms with Gasteiger partial charge in [0, 0.05) is 40.1 Å². The molecule has 1 aromatic carbocycles. The molecular formula is C24H25ClN4S. The summed E-state index contributed by atoms with van der Waals surface area (Å²) in [5, 5.41) is 2.49. The Labute approximate surface area is 187 Å². The first-order valence-electron chi connectivity index (χ1n) is 10.3. The van der Waals surface area contributed by atoms with Crippen LogP contribution >= 0.6 is 23.4 Å². The van der Waals surface area contributed by atoms with Crippen LogP contribution in [0.5, 0.6) is 0 Å². The lowest BCUT2D eigenvalue weighted by molar-refractivity contribution is 0.320. The Balaban J connectivity index is 1.65. The minimum atomic E-state index is 0.00982. The molecule has 30 heavy (non-hydrogen) atoms. The SMILES string of the molecule is Cc1c(Cl)cccc1-n1c(C)cc([C@@H]2[C@H](c3ccccn3)N=C3S[C@H](C)CN32)c1C. The van der Waals surface area contributed by atoms with Crippen LogP contribution < -0.4 is 0 Å². The summed E-state index contributed by atoms with van der Waals surface area (Å²) >= 11 is 8.32. The topological polar surface area (TPSA) is 33.4 Å². The van der Waals surface area contributed by atoms with Gasteiger partial charge in [-0.15, -0.1) is 0 Å². The number of aryl methyl sites for hydroxylation is 1. The molecular weight excluding hydrogens is 412 g/mol. The molecule has 0 saturated carbocycles. The number of halogens is 1. The van der Waals surface area contributed by atoms with E-state index in [1.165, 1.54) is 17.0 Å². The van der Waals surface area contributed by atoms with Crippen molar-refractivity contribution in [2.75, 3.05) is 6.54 Å². The zero-order valence-corrected chi connectivity index (χ0v) is 19.2. The van der Waals surface area contributed by atoms with Gasteiger partial charge in [0.05, 0.1) is 11.7 Å². The van der Waals surface area contributed by atoms with Crippen molar-refractivity contribution < 1.29 is 0 Å². The Morgan fingerprint density at radius 1 is 1.10 bits per heavy atom. The highest BCUT2D eigenvalue weighted by atomic mass is 35.5. The largest absolute Gasteiger partial charge is 0.341 e. The molecule has 0 amide bonds. The molecule has 0 N–H and O–H groups in total. The number of aliphatic imine (C=N–C) groups is 1. The number of pyridine rings is 1. The van der Waals surface area contributed by atoms with Crippen molar-refractivity contribution in [2.45, 2.75) is 45.0 Å². The number of nitrogens with zero attached hydrogens (tertiary/aromatic N) is 4. The first-order valence-corrected chi connectivity index (χ1v) is 11.6. The van der Waals surface area contributed by atoms with Gasteiger partial charge in [0.2, 0.25) is 0 Å². The fourth-order valence-corrected chi connectivity index (χ4v) is 6.01. The third kappa shape index (κ3) is 3.07. The smallest absolute Gasteiger partial charge is 0.160 e. The van der Waals surface area contributed by atoms with Crippen LogP contribution in [0.4, 0.5) is 0 Å². The summed E-state index contributed by atoms with van der Waals surface area (Å²) in [4.78, 5) is 12.3. The minimum absolute atomic E-state index is 0.00982. The fraction of sp³-hybridized carbons (Fsp3) is 0.333. The van der Waals surface area contributed by atoms with Gasteiger partial charge in [0.1, 0.15) is 6.04 Å². The fourth-order valence-electron chi connectivity index (χ4n) is 4.75. The van der Waals surface area contributed by atoms with E-state index < -0.39 is 0 Å². The molecule has 0 unspecified atom stereocenters. The Bertz CT molecular complexity index is 1140. The van der Waals surface area contributed by atoms with Crippen LogP contribution in [0.3, 0.4) is 0 Å². The second-order valence-electron chi connectivity index (χ2n) is 8.18. The van der Waals surface area contributed by atoms with Crippen LogP contribution in [0.15, 0.2) is 53.7 Å². The number of hydrogen-bond acceptors (Lipinski definition) is 4. The van der Waals surface area contributed by atoms with E-state index in [9.17, 15) is 0 Å². The Morgan fingerprint density at radius 2 is 1.93 bits per heavy atom. The van der Waals surface area contributed by atoms with E-state index in [1.54, 1.807) is 0 Å². The van der Waals surface area contributed by atoms with Crippen LogP contribution in [-0.4, -0.2) is 31.4 Å². The number of fused-ring (bicyclic) bond motifs is 1. The number of amidine groups is 1. The van der Waals surface area contributed by atoms with E-state index in [1.807, 2.05) is 36.2 Å². The van der Waals surface area contributed by atoms with Gasteiger partial charge in [-0.2, -0.15) is 0 Å². The lowest BCUT2D eigenvalue weighted by Crippen LogP contribution is -2.28. The van der Waals surface area contributed by atoms with Crippen LogP contribution in [0.25, 0.3) is 5.69 Å². The van der Waals surface area contributed by atoms with E-state index in [2.05, 4.69) is 66.4 Å². The van der Waals surface area contributed by atoms with Gasteiger partial charge < -0.3 is 9.47 Å². The molecule has 3 atom stereocenters. The van der Waals surface area contributed by atoms with Crippen molar-refractivity contribution in [1.82, 2.24) is 14.5 Å². The molecule has 2 aromatic heterocycles. The molecule has 0 bridgehead atoms. The molecule has 154 valence electrons. The van der Waals surface area contributed by atoms with E-state index in [4.69, 9.17) is 16.6 Å². The van der Waals surface area contributed by atoms with Crippen molar-refractivity contribution in [3.05, 3.63) is 81.9 Å². The quantitative estimate of drug-likeness (QED) is 0.501. The Morgan fingerprint density at radius 3 is 2.70 bits per heavy atom. The van der Waals surface area contributed by atoms with E-state index in [0.29, 0.717) is 5.25 Å². The number of aromatic nitrogens is 2. The maximum absolute atomic E-state index is 6.44. The molecule has 4 nitrogen and oxygen atoms in total.